The van der Waals surface area contributed by atoms with E-state index in [1.54, 1.807) is 12.3 Å². The van der Waals surface area contributed by atoms with Crippen LogP contribution in [0.15, 0.2) is 18.3 Å². The molecule has 62 valence electrons. The summed E-state index contributed by atoms with van der Waals surface area (Å²) in [6.07, 6.45) is 4.05. The SMILES string of the molecule is OB(O)c1cc(C2CC2)ccn1. The fourth-order valence-electron chi connectivity index (χ4n) is 1.28. The molecule has 1 heterocycles. The lowest BCUT2D eigenvalue weighted by atomic mass is 9.84. The van der Waals surface area contributed by atoms with E-state index in [0.29, 0.717) is 11.5 Å². The zero-order valence-electron chi connectivity index (χ0n) is 6.64. The van der Waals surface area contributed by atoms with Gasteiger partial charge in [-0.2, -0.15) is 0 Å². The third-order valence-corrected chi connectivity index (χ3v) is 2.12. The highest BCUT2D eigenvalue weighted by atomic mass is 16.4. The quantitative estimate of drug-likeness (QED) is 0.585. The first-order chi connectivity index (χ1) is 5.77. The molecule has 0 spiro atoms. The van der Waals surface area contributed by atoms with Gasteiger partial charge in [0.25, 0.3) is 0 Å². The Morgan fingerprint density at radius 3 is 2.75 bits per heavy atom. The van der Waals surface area contributed by atoms with E-state index in [4.69, 9.17) is 10.0 Å². The molecular weight excluding hydrogens is 153 g/mol. The van der Waals surface area contributed by atoms with Gasteiger partial charge in [-0.25, -0.2) is 0 Å². The van der Waals surface area contributed by atoms with Crippen LogP contribution in [0.1, 0.15) is 24.3 Å². The highest BCUT2D eigenvalue weighted by Gasteiger charge is 2.24. The zero-order chi connectivity index (χ0) is 8.55. The Labute approximate surface area is 71.2 Å². The van der Waals surface area contributed by atoms with Crippen LogP contribution in [0.2, 0.25) is 0 Å². The topological polar surface area (TPSA) is 53.4 Å². The molecule has 0 aliphatic heterocycles. The van der Waals surface area contributed by atoms with E-state index in [9.17, 15) is 0 Å². The Hall–Kier alpha value is -0.865. The van der Waals surface area contributed by atoms with E-state index in [2.05, 4.69) is 4.98 Å². The van der Waals surface area contributed by atoms with Gasteiger partial charge < -0.3 is 10.0 Å². The predicted molar refractivity (Wildman–Crippen MR) is 46.0 cm³/mol. The minimum absolute atomic E-state index is 0.347. The summed E-state index contributed by atoms with van der Waals surface area (Å²) in [5.74, 6) is 0.630. The van der Waals surface area contributed by atoms with Crippen molar-refractivity contribution in [3.8, 4) is 0 Å². The summed E-state index contributed by atoms with van der Waals surface area (Å²) in [5, 5.41) is 17.7. The molecular formula is C8H10BNO2. The summed E-state index contributed by atoms with van der Waals surface area (Å²) in [6.45, 7) is 0. The van der Waals surface area contributed by atoms with Crippen molar-refractivity contribution in [2.45, 2.75) is 18.8 Å². The maximum absolute atomic E-state index is 8.84. The maximum Gasteiger partial charge on any atom is 0.508 e. The Bertz CT molecular complexity index is 269. The summed E-state index contributed by atoms with van der Waals surface area (Å²) in [6, 6.07) is 3.70. The number of aromatic nitrogens is 1. The standard InChI is InChI=1S/C8H10BNO2/c11-9(12)8-5-7(3-4-10-8)6-1-2-6/h3-6,11-12H,1-2H2. The molecule has 1 aromatic heterocycles. The van der Waals surface area contributed by atoms with Gasteiger partial charge in [-0.3, -0.25) is 4.98 Å². The van der Waals surface area contributed by atoms with Crippen molar-refractivity contribution in [3.63, 3.8) is 0 Å². The van der Waals surface area contributed by atoms with Crippen LogP contribution in [-0.4, -0.2) is 22.2 Å². The Balaban J connectivity index is 2.26. The van der Waals surface area contributed by atoms with Gasteiger partial charge in [0.2, 0.25) is 0 Å². The van der Waals surface area contributed by atoms with Gasteiger partial charge in [0.1, 0.15) is 0 Å². The fourth-order valence-corrected chi connectivity index (χ4v) is 1.28. The van der Waals surface area contributed by atoms with Crippen LogP contribution in [0.5, 0.6) is 0 Å². The van der Waals surface area contributed by atoms with Gasteiger partial charge in [0, 0.05) is 6.20 Å². The van der Waals surface area contributed by atoms with E-state index < -0.39 is 7.12 Å². The first-order valence-electron chi connectivity index (χ1n) is 4.09. The number of pyridine rings is 1. The molecule has 1 fully saturated rings. The smallest absolute Gasteiger partial charge is 0.422 e. The molecule has 1 aliphatic carbocycles. The summed E-state index contributed by atoms with van der Waals surface area (Å²) < 4.78 is 0. The second-order valence-electron chi connectivity index (χ2n) is 3.16. The highest BCUT2D eigenvalue weighted by Crippen LogP contribution is 2.39. The second-order valence-corrected chi connectivity index (χ2v) is 3.16. The molecule has 1 aromatic rings. The number of nitrogens with zero attached hydrogens (tertiary/aromatic N) is 1. The van der Waals surface area contributed by atoms with Crippen LogP contribution < -0.4 is 5.59 Å². The van der Waals surface area contributed by atoms with Crippen molar-refractivity contribution in [2.75, 3.05) is 0 Å². The monoisotopic (exact) mass is 163 g/mol. The Morgan fingerprint density at radius 2 is 2.17 bits per heavy atom. The molecule has 0 bridgehead atoms. The van der Waals surface area contributed by atoms with Gasteiger partial charge in [0.15, 0.2) is 0 Å². The van der Waals surface area contributed by atoms with Crippen LogP contribution in [0.3, 0.4) is 0 Å². The zero-order valence-corrected chi connectivity index (χ0v) is 6.64. The van der Waals surface area contributed by atoms with E-state index in [1.807, 2.05) is 6.07 Å². The molecule has 0 radical (unpaired) electrons. The summed E-state index contributed by atoms with van der Waals surface area (Å²) in [7, 11) is -1.44. The Morgan fingerprint density at radius 1 is 1.42 bits per heavy atom. The third-order valence-electron chi connectivity index (χ3n) is 2.12. The van der Waals surface area contributed by atoms with Crippen molar-refractivity contribution in [1.82, 2.24) is 4.98 Å². The molecule has 0 atom stereocenters. The first-order valence-corrected chi connectivity index (χ1v) is 4.09. The van der Waals surface area contributed by atoms with Gasteiger partial charge >= 0.3 is 7.12 Å². The molecule has 0 unspecified atom stereocenters. The van der Waals surface area contributed by atoms with Crippen molar-refractivity contribution in [1.29, 1.82) is 0 Å². The lowest BCUT2D eigenvalue weighted by Gasteiger charge is -2.00. The number of hydrogen-bond acceptors (Lipinski definition) is 3. The van der Waals surface area contributed by atoms with Crippen molar-refractivity contribution in [2.24, 2.45) is 0 Å². The van der Waals surface area contributed by atoms with Gasteiger partial charge in [-0.15, -0.1) is 0 Å². The van der Waals surface area contributed by atoms with Crippen LogP contribution in [-0.2, 0) is 0 Å². The normalized spacial score (nSPS) is 16.2. The molecule has 1 aliphatic rings. The molecule has 0 aromatic carbocycles. The third kappa shape index (κ3) is 1.49. The van der Waals surface area contributed by atoms with Crippen LogP contribution in [0.25, 0.3) is 0 Å². The van der Waals surface area contributed by atoms with Crippen LogP contribution >= 0.6 is 0 Å². The number of hydrogen-bond donors (Lipinski definition) is 2. The summed E-state index contributed by atoms with van der Waals surface area (Å²) in [4.78, 5) is 3.85. The number of rotatable bonds is 2. The van der Waals surface area contributed by atoms with Crippen molar-refractivity contribution >= 4 is 12.7 Å². The second kappa shape index (κ2) is 2.88. The molecule has 0 amide bonds. The van der Waals surface area contributed by atoms with Gasteiger partial charge in [0.05, 0.1) is 5.59 Å². The van der Waals surface area contributed by atoms with Crippen LogP contribution in [0, 0.1) is 0 Å². The van der Waals surface area contributed by atoms with Crippen LogP contribution in [0.4, 0.5) is 0 Å². The highest BCUT2D eigenvalue weighted by molar-refractivity contribution is 6.57. The van der Waals surface area contributed by atoms with E-state index in [-0.39, 0.29) is 0 Å². The molecule has 2 N–H and O–H groups in total. The predicted octanol–water partition coefficient (Wildman–Crippen LogP) is -0.361. The van der Waals surface area contributed by atoms with E-state index >= 15 is 0 Å². The maximum atomic E-state index is 8.84. The van der Waals surface area contributed by atoms with Gasteiger partial charge in [-0.05, 0) is 36.5 Å². The fraction of sp³-hybridized carbons (Fsp3) is 0.375. The average molecular weight is 163 g/mol. The largest absolute Gasteiger partial charge is 0.508 e. The van der Waals surface area contributed by atoms with E-state index in [0.717, 1.165) is 0 Å². The Kier molecular flexibility index (Phi) is 1.86. The molecule has 12 heavy (non-hydrogen) atoms. The first kappa shape index (κ1) is 7.77. The van der Waals surface area contributed by atoms with Crippen molar-refractivity contribution < 1.29 is 10.0 Å². The van der Waals surface area contributed by atoms with Crippen molar-refractivity contribution in [3.05, 3.63) is 23.9 Å². The minimum atomic E-state index is -1.44. The van der Waals surface area contributed by atoms with Gasteiger partial charge in [-0.1, -0.05) is 0 Å². The molecule has 1 saturated carbocycles. The minimum Gasteiger partial charge on any atom is -0.422 e. The molecule has 0 saturated heterocycles. The summed E-state index contributed by atoms with van der Waals surface area (Å²) in [5.41, 5.74) is 1.52. The lowest BCUT2D eigenvalue weighted by Crippen LogP contribution is -2.32. The van der Waals surface area contributed by atoms with E-state index in [1.165, 1.54) is 18.4 Å². The molecule has 2 rings (SSSR count). The summed E-state index contributed by atoms with van der Waals surface area (Å²) >= 11 is 0. The molecule has 3 nitrogen and oxygen atoms in total. The average Bonchev–Trinajstić information content (AvgIpc) is 2.87. The lowest BCUT2D eigenvalue weighted by molar-refractivity contribution is 0.424. The molecule has 4 heteroatoms.